The van der Waals surface area contributed by atoms with E-state index in [1.165, 1.54) is 11.8 Å². The van der Waals surface area contributed by atoms with Crippen molar-refractivity contribution in [1.82, 2.24) is 25.3 Å². The van der Waals surface area contributed by atoms with Crippen LogP contribution in [0.25, 0.3) is 0 Å². The normalized spacial score (nSPS) is 11.4. The number of aryl methyl sites for hydroxylation is 2. The molecule has 2 aromatic heterocycles. The third-order valence-corrected chi connectivity index (χ3v) is 5.12. The zero-order valence-electron chi connectivity index (χ0n) is 16.6. The van der Waals surface area contributed by atoms with E-state index in [2.05, 4.69) is 35.6 Å². The van der Waals surface area contributed by atoms with E-state index in [9.17, 15) is 4.79 Å². The summed E-state index contributed by atoms with van der Waals surface area (Å²) in [5.41, 5.74) is 2.61. The molecule has 30 heavy (non-hydrogen) atoms. The third kappa shape index (κ3) is 7.16. The molecule has 1 amide bonds. The number of H-pyrrole nitrogens is 1. The van der Waals surface area contributed by atoms with Gasteiger partial charge in [-0.15, -0.1) is 11.8 Å². The molecule has 0 unspecified atom stereocenters. The standard InChI is InChI=1S/C20H22ClN7OS/c1-13-9-14(2)26-20(25-13)28-19(23-8-7-16-10-22-12-24-16)27-18(29)11-30-17-5-3-15(21)4-6-17/h3-6,9-10,12H,7-8,11H2,1-2H3,(H,22,24)(H2,23,25,26,27,28,29). The molecule has 0 radical (unpaired) electrons. The summed E-state index contributed by atoms with van der Waals surface area (Å²) in [5.74, 6) is 0.739. The van der Waals surface area contributed by atoms with Crippen molar-refractivity contribution < 1.29 is 4.79 Å². The lowest BCUT2D eigenvalue weighted by molar-refractivity contribution is -0.117. The minimum atomic E-state index is -0.188. The zero-order valence-corrected chi connectivity index (χ0v) is 18.2. The van der Waals surface area contributed by atoms with Crippen LogP contribution in [0, 0.1) is 13.8 Å². The molecule has 3 rings (SSSR count). The maximum absolute atomic E-state index is 12.5. The van der Waals surface area contributed by atoms with Crippen molar-refractivity contribution in [2.75, 3.05) is 17.6 Å². The van der Waals surface area contributed by atoms with E-state index in [4.69, 9.17) is 11.6 Å². The number of nitrogens with zero attached hydrogens (tertiary/aromatic N) is 4. The van der Waals surface area contributed by atoms with Gasteiger partial charge in [-0.3, -0.25) is 20.4 Å². The van der Waals surface area contributed by atoms with Gasteiger partial charge in [-0.1, -0.05) is 11.6 Å². The number of anilines is 1. The second kappa shape index (κ2) is 10.7. The second-order valence-corrected chi connectivity index (χ2v) is 7.93. The summed E-state index contributed by atoms with van der Waals surface area (Å²) in [6.45, 7) is 4.23. The highest BCUT2D eigenvalue weighted by Crippen LogP contribution is 2.19. The summed E-state index contributed by atoms with van der Waals surface area (Å²) in [6, 6.07) is 9.22. The van der Waals surface area contributed by atoms with E-state index < -0.39 is 0 Å². The number of amides is 1. The number of aliphatic imine (C=N–C) groups is 1. The van der Waals surface area contributed by atoms with Crippen molar-refractivity contribution in [1.29, 1.82) is 0 Å². The molecule has 0 spiro atoms. The molecule has 0 saturated heterocycles. The predicted octanol–water partition coefficient (Wildman–Crippen LogP) is 3.39. The number of aromatic nitrogens is 4. The molecule has 0 aliphatic heterocycles. The van der Waals surface area contributed by atoms with E-state index in [1.54, 1.807) is 24.7 Å². The van der Waals surface area contributed by atoms with E-state index in [-0.39, 0.29) is 11.7 Å². The number of thioether (sulfide) groups is 1. The molecule has 10 heteroatoms. The van der Waals surface area contributed by atoms with Crippen LogP contribution < -0.4 is 10.6 Å². The lowest BCUT2D eigenvalue weighted by Crippen LogP contribution is -2.38. The van der Waals surface area contributed by atoms with Gasteiger partial charge in [0.2, 0.25) is 17.8 Å². The first kappa shape index (κ1) is 21.8. The number of imidazole rings is 1. The molecule has 0 aliphatic carbocycles. The molecule has 0 fully saturated rings. The quantitative estimate of drug-likeness (QED) is 0.293. The number of hydrogen-bond acceptors (Lipinski definition) is 6. The highest BCUT2D eigenvalue weighted by molar-refractivity contribution is 8.00. The molecule has 8 nitrogen and oxygen atoms in total. The van der Waals surface area contributed by atoms with Gasteiger partial charge in [0, 0.05) is 46.2 Å². The number of halogens is 1. The lowest BCUT2D eigenvalue weighted by Gasteiger charge is -2.11. The number of benzene rings is 1. The van der Waals surface area contributed by atoms with Crippen molar-refractivity contribution in [3.8, 4) is 0 Å². The molecule has 3 aromatic rings. The number of aromatic amines is 1. The van der Waals surface area contributed by atoms with Gasteiger partial charge in [-0.25, -0.2) is 15.0 Å². The van der Waals surface area contributed by atoms with Gasteiger partial charge >= 0.3 is 0 Å². The predicted molar refractivity (Wildman–Crippen MR) is 120 cm³/mol. The van der Waals surface area contributed by atoms with Crippen LogP contribution in [0.2, 0.25) is 5.02 Å². The maximum Gasteiger partial charge on any atom is 0.237 e. The summed E-state index contributed by atoms with van der Waals surface area (Å²) in [7, 11) is 0. The Bertz CT molecular complexity index is 986. The highest BCUT2D eigenvalue weighted by atomic mass is 35.5. The summed E-state index contributed by atoms with van der Waals surface area (Å²) < 4.78 is 0. The summed E-state index contributed by atoms with van der Waals surface area (Å²) in [6.07, 6.45) is 4.03. The largest absolute Gasteiger partial charge is 0.348 e. The van der Waals surface area contributed by atoms with Crippen molar-refractivity contribution in [2.24, 2.45) is 4.99 Å². The number of nitrogens with one attached hydrogen (secondary N) is 3. The first-order valence-corrected chi connectivity index (χ1v) is 10.6. The monoisotopic (exact) mass is 443 g/mol. The number of carbonyl (C=O) groups excluding carboxylic acids is 1. The highest BCUT2D eigenvalue weighted by Gasteiger charge is 2.10. The first-order chi connectivity index (χ1) is 14.5. The van der Waals surface area contributed by atoms with E-state index >= 15 is 0 Å². The Morgan fingerprint density at radius 2 is 1.93 bits per heavy atom. The molecule has 3 N–H and O–H groups in total. The van der Waals surface area contributed by atoms with Crippen LogP contribution in [0.5, 0.6) is 0 Å². The van der Waals surface area contributed by atoms with Gasteiger partial charge in [-0.05, 0) is 44.2 Å². The van der Waals surface area contributed by atoms with E-state index in [0.29, 0.717) is 29.9 Å². The Balaban J connectivity index is 1.64. The van der Waals surface area contributed by atoms with Crippen LogP contribution >= 0.6 is 23.4 Å². The fraction of sp³-hybridized carbons (Fsp3) is 0.250. The van der Waals surface area contributed by atoms with Crippen LogP contribution in [0.1, 0.15) is 17.1 Å². The first-order valence-electron chi connectivity index (χ1n) is 9.27. The van der Waals surface area contributed by atoms with Crippen molar-refractivity contribution >= 4 is 41.2 Å². The number of carbonyl (C=O) groups is 1. The molecule has 156 valence electrons. The van der Waals surface area contributed by atoms with Crippen LogP contribution in [0.4, 0.5) is 5.95 Å². The summed E-state index contributed by atoms with van der Waals surface area (Å²) >= 11 is 7.31. The van der Waals surface area contributed by atoms with Gasteiger partial charge in [0.15, 0.2) is 0 Å². The molecule has 0 saturated carbocycles. The van der Waals surface area contributed by atoms with Gasteiger partial charge in [-0.2, -0.15) is 0 Å². The number of hydrogen-bond donors (Lipinski definition) is 3. The second-order valence-electron chi connectivity index (χ2n) is 6.45. The van der Waals surface area contributed by atoms with Crippen molar-refractivity contribution in [3.05, 3.63) is 65.0 Å². The molecule has 2 heterocycles. The third-order valence-electron chi connectivity index (χ3n) is 3.86. The molecule has 0 aliphatic rings. The zero-order chi connectivity index (χ0) is 21.3. The molecule has 0 atom stereocenters. The fourth-order valence-corrected chi connectivity index (χ4v) is 3.38. The molecule has 1 aromatic carbocycles. The van der Waals surface area contributed by atoms with Crippen LogP contribution in [-0.4, -0.2) is 44.1 Å². The summed E-state index contributed by atoms with van der Waals surface area (Å²) in [4.78, 5) is 33.6. The molecular weight excluding hydrogens is 422 g/mol. The van der Waals surface area contributed by atoms with Gasteiger partial charge in [0.1, 0.15) is 0 Å². The van der Waals surface area contributed by atoms with E-state index in [0.717, 1.165) is 22.0 Å². The minimum absolute atomic E-state index is 0.188. The van der Waals surface area contributed by atoms with Crippen LogP contribution in [0.3, 0.4) is 0 Å². The number of rotatable bonds is 7. The molecular formula is C20H22ClN7OS. The van der Waals surface area contributed by atoms with E-state index in [1.807, 2.05) is 32.0 Å². The van der Waals surface area contributed by atoms with Gasteiger partial charge < -0.3 is 4.98 Å². The SMILES string of the molecule is Cc1cc(C)nc(NC(=NCCc2cnc[nH]2)NC(=O)CSc2ccc(Cl)cc2)n1. The van der Waals surface area contributed by atoms with Crippen molar-refractivity contribution in [2.45, 2.75) is 25.2 Å². The van der Waals surface area contributed by atoms with Crippen molar-refractivity contribution in [3.63, 3.8) is 0 Å². The Morgan fingerprint density at radius 1 is 1.20 bits per heavy atom. The maximum atomic E-state index is 12.5. The Kier molecular flexibility index (Phi) is 7.81. The molecule has 0 bridgehead atoms. The summed E-state index contributed by atoms with van der Waals surface area (Å²) in [5, 5.41) is 6.49. The Hall–Kier alpha value is -2.91. The number of guanidine groups is 1. The fourth-order valence-electron chi connectivity index (χ4n) is 2.56. The van der Waals surface area contributed by atoms with Crippen LogP contribution in [-0.2, 0) is 11.2 Å². The Morgan fingerprint density at radius 3 is 2.60 bits per heavy atom. The smallest absolute Gasteiger partial charge is 0.237 e. The lowest BCUT2D eigenvalue weighted by atomic mass is 10.3. The van der Waals surface area contributed by atoms with Gasteiger partial charge in [0.05, 0.1) is 12.1 Å². The topological polar surface area (TPSA) is 108 Å². The minimum Gasteiger partial charge on any atom is -0.348 e. The Labute approximate surface area is 184 Å². The average Bonchev–Trinajstić information content (AvgIpc) is 3.20. The van der Waals surface area contributed by atoms with Crippen LogP contribution in [0.15, 0.2) is 52.7 Å². The van der Waals surface area contributed by atoms with Gasteiger partial charge in [0.25, 0.3) is 0 Å². The average molecular weight is 444 g/mol.